The molecule has 34 atom stereocenters. The van der Waals surface area contributed by atoms with Crippen LogP contribution >= 0.6 is 0 Å². The molecule has 0 radical (unpaired) electrons. The largest absolute Gasteiger partial charge is 0.393 e. The van der Waals surface area contributed by atoms with Gasteiger partial charge in [0, 0.05) is 41.4 Å². The van der Waals surface area contributed by atoms with Gasteiger partial charge in [0.1, 0.15) is 0 Å². The molecule has 0 aliphatic carbocycles. The molecule has 9 heteroatoms. The summed E-state index contributed by atoms with van der Waals surface area (Å²) in [6, 6.07) is 0. The highest BCUT2D eigenvalue weighted by Crippen LogP contribution is 2.45. The lowest BCUT2D eigenvalue weighted by molar-refractivity contribution is -0.118. The summed E-state index contributed by atoms with van der Waals surface area (Å²) in [5.74, 6) is 3.75. The average Bonchev–Trinajstić information content (AvgIpc) is 3.37. The van der Waals surface area contributed by atoms with Crippen molar-refractivity contribution < 1.29 is 46.0 Å². The maximum absolute atomic E-state index is 11.9. The Bertz CT molecular complexity index is 1430. The van der Waals surface area contributed by atoms with E-state index < -0.39 is 96.4 Å². The zero-order valence-electron chi connectivity index (χ0n) is 52.1. The van der Waals surface area contributed by atoms with Gasteiger partial charge in [-0.1, -0.05) is 186 Å². The molecule has 0 rings (SSSR count). The van der Waals surface area contributed by atoms with Crippen molar-refractivity contribution in [3.8, 4) is 0 Å². The van der Waals surface area contributed by atoms with Crippen LogP contribution in [0.15, 0.2) is 0 Å². The van der Waals surface area contributed by atoms with Crippen LogP contribution in [0.2, 0.25) is 0 Å². The van der Waals surface area contributed by atoms with E-state index >= 15 is 0 Å². The minimum atomic E-state index is -1.19. The van der Waals surface area contributed by atoms with Gasteiger partial charge in [0.05, 0.1) is 54.9 Å². The molecule has 0 spiro atoms. The Kier molecular flexibility index (Phi) is 31.7. The predicted molar refractivity (Wildman–Crippen MR) is 304 cm³/mol. The van der Waals surface area contributed by atoms with Crippen LogP contribution < -0.4 is 0 Å². The Morgan fingerprint density at radius 3 is 0.556 bits per heavy atom. The van der Waals surface area contributed by atoms with Gasteiger partial charge in [-0.3, -0.25) is 0 Å². The van der Waals surface area contributed by atoms with E-state index in [4.69, 9.17) is 0 Å². The van der Waals surface area contributed by atoms with Gasteiger partial charge in [-0.25, -0.2) is 0 Å². The van der Waals surface area contributed by atoms with Crippen LogP contribution in [0, 0.1) is 148 Å². The van der Waals surface area contributed by atoms with Crippen LogP contribution in [0.4, 0.5) is 0 Å². The molecule has 0 aliphatic rings. The number of aliphatic hydroxyl groups is 9. The van der Waals surface area contributed by atoms with E-state index in [-0.39, 0.29) is 23.7 Å². The molecule has 0 saturated heterocycles. The van der Waals surface area contributed by atoms with Crippen molar-refractivity contribution in [3.63, 3.8) is 0 Å². The zero-order valence-corrected chi connectivity index (χ0v) is 52.1. The Hall–Kier alpha value is -0.360. The van der Waals surface area contributed by atoms with Crippen LogP contribution in [-0.4, -0.2) is 101 Å². The highest BCUT2D eigenvalue weighted by molar-refractivity contribution is 4.93. The van der Waals surface area contributed by atoms with Crippen molar-refractivity contribution in [3.05, 3.63) is 0 Å². The van der Waals surface area contributed by atoms with Crippen LogP contribution in [-0.2, 0) is 0 Å². The second-order valence-electron chi connectivity index (χ2n) is 27.1. The molecule has 0 fully saturated rings. The summed E-state index contributed by atoms with van der Waals surface area (Å²) in [6.45, 7) is 58.8. The Labute approximate surface area is 447 Å². The fourth-order valence-corrected chi connectivity index (χ4v) is 13.7. The van der Waals surface area contributed by atoms with Gasteiger partial charge < -0.3 is 46.0 Å². The molecule has 9 N–H and O–H groups in total. The number of hydrogen-bond donors (Lipinski definition) is 9. The third kappa shape index (κ3) is 18.4. The smallest absolute Gasteiger partial charge is 0.0640 e. The van der Waals surface area contributed by atoms with Crippen LogP contribution in [0.25, 0.3) is 0 Å². The van der Waals surface area contributed by atoms with Crippen molar-refractivity contribution in [1.29, 1.82) is 0 Å². The minimum absolute atomic E-state index is 0.0373. The summed E-state index contributed by atoms with van der Waals surface area (Å²) in [5, 5.41) is 101. The summed E-state index contributed by atoms with van der Waals surface area (Å²) >= 11 is 0. The van der Waals surface area contributed by atoms with Crippen molar-refractivity contribution in [2.45, 2.75) is 255 Å². The molecule has 0 aliphatic heterocycles. The lowest BCUT2D eigenvalue weighted by Gasteiger charge is -2.44. The second-order valence-corrected chi connectivity index (χ2v) is 27.1. The van der Waals surface area contributed by atoms with Gasteiger partial charge >= 0.3 is 0 Å². The molecule has 434 valence electrons. The average molecular weight is 1030 g/mol. The normalized spacial score (nSPS) is 27.3. The van der Waals surface area contributed by atoms with Crippen molar-refractivity contribution in [2.75, 3.05) is 0 Å². The molecule has 72 heavy (non-hydrogen) atoms. The van der Waals surface area contributed by atoms with Gasteiger partial charge in [-0.05, 0) is 120 Å². The standard InChI is InChI=1S/C63H128O9/c1-28-30(2)33(5)34(6)35(7)36(8)37(9)38(10)39(11)40(12)41(13)42(14)43(15)44(16)45(17)46(18)47(19)56(65)31(3)29-32(4)57(66)49(21)59(68)51(23)61(70)53(25)63(72)54(26)62(71)52(24)60(69)50(22)58(67)48(20)55(27)64/h30-72H,28-29H2,1-27H3. The third-order valence-corrected chi connectivity index (χ3v) is 23.4. The summed E-state index contributed by atoms with van der Waals surface area (Å²) < 4.78 is 0. The van der Waals surface area contributed by atoms with Crippen LogP contribution in [0.1, 0.15) is 200 Å². The summed E-state index contributed by atoms with van der Waals surface area (Å²) in [4.78, 5) is 0. The Morgan fingerprint density at radius 2 is 0.347 bits per heavy atom. The summed E-state index contributed by atoms with van der Waals surface area (Å²) in [5.41, 5.74) is 0. The highest BCUT2D eigenvalue weighted by atomic mass is 16.3. The van der Waals surface area contributed by atoms with E-state index in [2.05, 4.69) is 125 Å². The van der Waals surface area contributed by atoms with Crippen molar-refractivity contribution in [2.24, 2.45) is 148 Å². The molecule has 0 amide bonds. The van der Waals surface area contributed by atoms with Gasteiger partial charge in [0.25, 0.3) is 0 Å². The van der Waals surface area contributed by atoms with Crippen molar-refractivity contribution >= 4 is 0 Å². The first-order valence-electron chi connectivity index (χ1n) is 29.9. The second kappa shape index (κ2) is 31.9. The molecule has 0 bridgehead atoms. The van der Waals surface area contributed by atoms with E-state index in [1.54, 1.807) is 55.4 Å². The summed E-state index contributed by atoms with van der Waals surface area (Å²) in [7, 11) is 0. The number of hydrogen-bond acceptors (Lipinski definition) is 9. The first-order valence-corrected chi connectivity index (χ1v) is 29.9. The van der Waals surface area contributed by atoms with E-state index in [0.29, 0.717) is 77.4 Å². The lowest BCUT2D eigenvalue weighted by Crippen LogP contribution is -2.49. The topological polar surface area (TPSA) is 182 Å². The fraction of sp³-hybridized carbons (Fsp3) is 1.00. The zero-order chi connectivity index (χ0) is 57.0. The van der Waals surface area contributed by atoms with E-state index in [9.17, 15) is 46.0 Å². The first-order chi connectivity index (χ1) is 32.8. The van der Waals surface area contributed by atoms with Gasteiger partial charge in [-0.2, -0.15) is 0 Å². The molecular weight excluding hydrogens is 901 g/mol. The Morgan fingerprint density at radius 1 is 0.181 bits per heavy atom. The summed E-state index contributed by atoms with van der Waals surface area (Å²) in [6.07, 6.45) is -7.23. The van der Waals surface area contributed by atoms with Crippen LogP contribution in [0.3, 0.4) is 0 Å². The number of aliphatic hydroxyl groups excluding tert-OH is 9. The number of rotatable bonds is 35. The quantitative estimate of drug-likeness (QED) is 0.0298. The molecular formula is C63H128O9. The molecule has 0 saturated carbocycles. The predicted octanol–water partition coefficient (Wildman–Crippen LogP) is 12.0. The highest BCUT2D eigenvalue weighted by Gasteiger charge is 2.44. The molecule has 0 heterocycles. The Balaban J connectivity index is 5.65. The maximum Gasteiger partial charge on any atom is 0.0640 e. The van der Waals surface area contributed by atoms with E-state index in [1.165, 1.54) is 6.42 Å². The van der Waals surface area contributed by atoms with Gasteiger partial charge in [0.15, 0.2) is 0 Å². The van der Waals surface area contributed by atoms with Gasteiger partial charge in [0.2, 0.25) is 0 Å². The van der Waals surface area contributed by atoms with E-state index in [1.807, 2.05) is 6.92 Å². The SMILES string of the molecule is CCC(C)C(C)C(C)C(C)C(C)C(C)C(C)C(C)C(C)C(C)C(C)C(C)C(C)C(C)C(C)C(C)C(O)C(C)CC(C)C(O)C(C)C(O)C(C)C(O)C(C)C(O)C(C)C(O)C(C)C(O)C(C)C(O)C(C)C(C)O. The van der Waals surface area contributed by atoms with Crippen molar-refractivity contribution in [1.82, 2.24) is 0 Å². The molecule has 0 aromatic rings. The molecule has 9 nitrogen and oxygen atoms in total. The maximum atomic E-state index is 11.9. The third-order valence-electron chi connectivity index (χ3n) is 23.4. The molecule has 0 aromatic carbocycles. The van der Waals surface area contributed by atoms with Gasteiger partial charge in [-0.15, -0.1) is 0 Å². The minimum Gasteiger partial charge on any atom is -0.393 e. The first kappa shape index (κ1) is 71.6. The molecule has 0 aromatic heterocycles. The monoisotopic (exact) mass is 1030 g/mol. The van der Waals surface area contributed by atoms with E-state index in [0.717, 1.165) is 11.8 Å². The lowest BCUT2D eigenvalue weighted by atomic mass is 9.62. The van der Waals surface area contributed by atoms with Crippen LogP contribution in [0.5, 0.6) is 0 Å². The molecule has 34 unspecified atom stereocenters. The fourth-order valence-electron chi connectivity index (χ4n) is 13.7.